The van der Waals surface area contributed by atoms with Crippen molar-refractivity contribution in [1.82, 2.24) is 0 Å². The zero-order valence-corrected chi connectivity index (χ0v) is 45.2. The van der Waals surface area contributed by atoms with E-state index >= 15 is 0 Å². The van der Waals surface area contributed by atoms with Gasteiger partial charge in [-0.1, -0.05) is 251 Å². The Morgan fingerprint density at radius 1 is 0.232 bits per heavy atom. The van der Waals surface area contributed by atoms with Gasteiger partial charge in [-0.25, -0.2) is 0 Å². The van der Waals surface area contributed by atoms with Crippen LogP contribution in [0.3, 0.4) is 0 Å². The Balaban J connectivity index is 1.12. The van der Waals surface area contributed by atoms with Gasteiger partial charge in [-0.3, -0.25) is 0 Å². The fourth-order valence-corrected chi connectivity index (χ4v) is 15.6. The Bertz CT molecular complexity index is 4620. The number of hydrogen-bond donors (Lipinski definition) is 0. The number of ether oxygens (including phenoxy) is 2. The predicted octanol–water partition coefficient (Wildman–Crippen LogP) is 15.6. The van der Waals surface area contributed by atoms with E-state index in [-0.39, 0.29) is 13.4 Å². The standard InChI is InChI=1S/C78H48B2O2/c1-81-49-37-63-55-29-15-17-35-67(55)79-69-43-62-58(72-53(47-25-11-5-12-26-47)33-20-34-54(72)48-27-13-6-14-28-48)42-60-66-40-50(82-2)38-64-56-30-16-18-36-68(56)80(78(64)66)70-44-61-57(41-59(65(39-49)77(63)79)73(69)75(61)76(62)74(60)70)71-51(45-21-7-3-8-22-45)31-19-32-52(71)46-23-9-4-10-24-46/h3-44H,1-2H3. The first-order chi connectivity index (χ1) is 40.6. The van der Waals surface area contributed by atoms with Crippen LogP contribution in [0, 0.1) is 0 Å². The fraction of sp³-hybridized carbons (Fsp3) is 0.0256. The minimum Gasteiger partial charge on any atom is -0.497 e. The van der Waals surface area contributed by atoms with Crippen molar-refractivity contribution in [3.63, 3.8) is 0 Å². The van der Waals surface area contributed by atoms with Gasteiger partial charge < -0.3 is 9.47 Å². The van der Waals surface area contributed by atoms with E-state index in [0.717, 1.165) is 11.5 Å². The lowest BCUT2D eigenvalue weighted by molar-refractivity contribution is 0.415. The first kappa shape index (κ1) is 45.7. The van der Waals surface area contributed by atoms with E-state index in [1.165, 1.54) is 176 Å². The maximum atomic E-state index is 6.34. The molecule has 0 saturated heterocycles. The summed E-state index contributed by atoms with van der Waals surface area (Å²) in [5, 5.41) is 7.76. The van der Waals surface area contributed by atoms with Crippen molar-refractivity contribution >= 4 is 78.5 Å². The summed E-state index contributed by atoms with van der Waals surface area (Å²) >= 11 is 0. The van der Waals surface area contributed by atoms with E-state index < -0.39 is 0 Å². The van der Waals surface area contributed by atoms with Gasteiger partial charge in [0.25, 0.3) is 0 Å². The molecule has 0 unspecified atom stereocenters. The van der Waals surface area contributed by atoms with Crippen molar-refractivity contribution < 1.29 is 9.47 Å². The normalized spacial score (nSPS) is 12.7. The Morgan fingerprint density at radius 2 is 0.537 bits per heavy atom. The Kier molecular flexibility index (Phi) is 9.57. The van der Waals surface area contributed by atoms with Crippen molar-refractivity contribution in [2.45, 2.75) is 0 Å². The molecule has 0 atom stereocenters. The molecule has 0 spiro atoms. The lowest BCUT2D eigenvalue weighted by Crippen LogP contribution is -2.52. The number of hydrogen-bond acceptors (Lipinski definition) is 2. The molecule has 4 aliphatic rings. The highest BCUT2D eigenvalue weighted by atomic mass is 16.5. The third kappa shape index (κ3) is 6.16. The third-order valence-electron chi connectivity index (χ3n) is 18.9. The molecule has 4 aliphatic heterocycles. The summed E-state index contributed by atoms with van der Waals surface area (Å²) in [7, 11) is 3.64. The third-order valence-corrected chi connectivity index (χ3v) is 18.9. The quantitative estimate of drug-likeness (QED) is 0.112. The summed E-state index contributed by atoms with van der Waals surface area (Å²) in [6, 6.07) is 96.1. The maximum Gasteiger partial charge on any atom is 0.244 e. The van der Waals surface area contributed by atoms with E-state index in [0.29, 0.717) is 0 Å². The number of methoxy groups -OCH3 is 2. The molecule has 0 bridgehead atoms. The molecule has 4 heterocycles. The summed E-state index contributed by atoms with van der Waals surface area (Å²) in [6.45, 7) is -0.0265. The van der Waals surface area contributed by atoms with Gasteiger partial charge in [0.05, 0.1) is 14.2 Å². The maximum absolute atomic E-state index is 6.34. The summed E-state index contributed by atoms with van der Waals surface area (Å²) in [5.41, 5.74) is 32.5. The van der Waals surface area contributed by atoms with Crippen LogP contribution >= 0.6 is 0 Å². The first-order valence-electron chi connectivity index (χ1n) is 28.6. The molecule has 14 aromatic carbocycles. The molecule has 0 aromatic heterocycles. The fourth-order valence-electron chi connectivity index (χ4n) is 15.6. The zero-order chi connectivity index (χ0) is 53.9. The largest absolute Gasteiger partial charge is 0.497 e. The molecule has 0 aliphatic carbocycles. The van der Waals surface area contributed by atoms with Crippen molar-refractivity contribution in [3.05, 3.63) is 255 Å². The Hall–Kier alpha value is -10.2. The van der Waals surface area contributed by atoms with Crippen LogP contribution in [0.15, 0.2) is 255 Å². The van der Waals surface area contributed by atoms with Gasteiger partial charge in [0.1, 0.15) is 11.5 Å². The van der Waals surface area contributed by atoms with Gasteiger partial charge in [-0.15, -0.1) is 0 Å². The Labute approximate surface area is 477 Å². The topological polar surface area (TPSA) is 18.5 Å². The number of fused-ring (bicyclic) bond motifs is 10. The summed E-state index contributed by atoms with van der Waals surface area (Å²) in [4.78, 5) is 0. The molecule has 14 aromatic rings. The lowest BCUT2D eigenvalue weighted by Gasteiger charge is -2.33. The van der Waals surface area contributed by atoms with Gasteiger partial charge in [0.15, 0.2) is 0 Å². The summed E-state index contributed by atoms with van der Waals surface area (Å²) in [5.74, 6) is 1.73. The molecule has 0 N–H and O–H groups in total. The summed E-state index contributed by atoms with van der Waals surface area (Å²) in [6.07, 6.45) is 0. The van der Waals surface area contributed by atoms with Gasteiger partial charge in [-0.05, 0) is 180 Å². The highest BCUT2D eigenvalue weighted by Gasteiger charge is 2.45. The highest BCUT2D eigenvalue weighted by molar-refractivity contribution is 7.03. The second kappa shape index (κ2) is 17.2. The molecule has 82 heavy (non-hydrogen) atoms. The van der Waals surface area contributed by atoms with Gasteiger partial charge >= 0.3 is 0 Å². The van der Waals surface area contributed by atoms with Crippen LogP contribution in [-0.2, 0) is 0 Å². The average Bonchev–Trinajstić information content (AvgIpc) is 1.51. The second-order valence-electron chi connectivity index (χ2n) is 22.7. The van der Waals surface area contributed by atoms with Crippen LogP contribution in [0.1, 0.15) is 0 Å². The predicted molar refractivity (Wildman–Crippen MR) is 347 cm³/mol. The summed E-state index contributed by atoms with van der Waals surface area (Å²) < 4.78 is 12.7. The Morgan fingerprint density at radius 3 is 0.878 bits per heavy atom. The van der Waals surface area contributed by atoms with Gasteiger partial charge in [0.2, 0.25) is 13.4 Å². The molecular weight excluding hydrogens is 990 g/mol. The average molecular weight is 1040 g/mol. The molecule has 378 valence electrons. The van der Waals surface area contributed by atoms with E-state index in [9.17, 15) is 0 Å². The van der Waals surface area contributed by atoms with Gasteiger partial charge in [-0.2, -0.15) is 0 Å². The molecule has 0 fully saturated rings. The lowest BCUT2D eigenvalue weighted by atomic mass is 9.34. The van der Waals surface area contributed by atoms with E-state index in [4.69, 9.17) is 9.47 Å². The minimum absolute atomic E-state index is 0.0133. The number of rotatable bonds is 8. The second-order valence-corrected chi connectivity index (χ2v) is 22.7. The monoisotopic (exact) mass is 1040 g/mol. The zero-order valence-electron chi connectivity index (χ0n) is 45.2. The molecule has 0 amide bonds. The van der Waals surface area contributed by atoms with E-state index in [1.54, 1.807) is 0 Å². The SMILES string of the molecule is COc1cc2c3c(c1)-c1cc(-c4c(-c5ccccc5)cccc4-c4ccccc4)c4cc5c6c(cc(-c7c(-c8ccccc8)cccc7-c7ccccc7)c7cc(c1c4c76)B3c1ccccc1-2)-c1cc(OC)cc2c1B5c1ccccc1-2. The van der Waals surface area contributed by atoms with Crippen molar-refractivity contribution in [1.29, 1.82) is 0 Å². The van der Waals surface area contributed by atoms with Crippen LogP contribution in [-0.4, -0.2) is 27.6 Å². The van der Waals surface area contributed by atoms with Gasteiger partial charge in [0, 0.05) is 0 Å². The molecule has 4 heteroatoms. The molecule has 2 nitrogen and oxygen atoms in total. The number of benzene rings is 14. The van der Waals surface area contributed by atoms with Crippen LogP contribution in [0.4, 0.5) is 0 Å². The molecule has 0 saturated carbocycles. The van der Waals surface area contributed by atoms with Crippen LogP contribution < -0.4 is 42.3 Å². The van der Waals surface area contributed by atoms with E-state index in [1.807, 2.05) is 14.2 Å². The first-order valence-corrected chi connectivity index (χ1v) is 28.6. The molecule has 18 rings (SSSR count). The molecular formula is C78H48B2O2. The highest BCUT2D eigenvalue weighted by Crippen LogP contribution is 2.55. The van der Waals surface area contributed by atoms with Crippen LogP contribution in [0.5, 0.6) is 11.5 Å². The van der Waals surface area contributed by atoms with Crippen molar-refractivity contribution in [2.75, 3.05) is 14.2 Å². The van der Waals surface area contributed by atoms with Crippen LogP contribution in [0.2, 0.25) is 0 Å². The van der Waals surface area contributed by atoms with Crippen molar-refractivity contribution in [2.24, 2.45) is 0 Å². The van der Waals surface area contributed by atoms with E-state index in [2.05, 4.69) is 255 Å². The van der Waals surface area contributed by atoms with Crippen LogP contribution in [0.25, 0.3) is 144 Å². The molecule has 0 radical (unpaired) electrons. The minimum atomic E-state index is -0.0133. The van der Waals surface area contributed by atoms with Crippen molar-refractivity contribution in [3.8, 4) is 123 Å². The smallest absolute Gasteiger partial charge is 0.244 e.